The van der Waals surface area contributed by atoms with E-state index in [2.05, 4.69) is 0 Å². The van der Waals surface area contributed by atoms with Crippen molar-refractivity contribution in [3.8, 4) is 11.5 Å². The molecule has 7 nitrogen and oxygen atoms in total. The molecule has 0 aromatic heterocycles. The maximum absolute atomic E-state index is 14.3. The zero-order chi connectivity index (χ0) is 21.8. The fraction of sp³-hybridized carbons (Fsp3) is 0.368. The fourth-order valence-corrected chi connectivity index (χ4v) is 6.47. The first kappa shape index (κ1) is 23.1. The largest absolute Gasteiger partial charge is 0.497 e. The Morgan fingerprint density at radius 2 is 1.55 bits per heavy atom. The average molecular weight is 446 g/mol. The quantitative estimate of drug-likeness (QED) is 0.589. The summed E-state index contributed by atoms with van der Waals surface area (Å²) in [5.41, 5.74) is 0. The van der Waals surface area contributed by atoms with Crippen LogP contribution in [-0.4, -0.2) is 41.3 Å². The van der Waals surface area contributed by atoms with Crippen molar-refractivity contribution >= 4 is 20.0 Å². The number of methoxy groups -OCH3 is 2. The van der Waals surface area contributed by atoms with Crippen LogP contribution in [0.25, 0.3) is 0 Å². The van der Waals surface area contributed by atoms with E-state index in [9.17, 15) is 21.2 Å². The van der Waals surface area contributed by atoms with Gasteiger partial charge in [-0.2, -0.15) is 0 Å². The lowest BCUT2D eigenvalue weighted by Gasteiger charge is -2.24. The Labute approximate surface area is 171 Å². The highest BCUT2D eigenvalue weighted by atomic mass is 32.3. The van der Waals surface area contributed by atoms with Gasteiger partial charge in [-0.05, 0) is 36.6 Å². The van der Waals surface area contributed by atoms with Gasteiger partial charge in [-0.15, -0.1) is 0 Å². The number of benzene rings is 2. The predicted molar refractivity (Wildman–Crippen MR) is 106 cm³/mol. The number of hydrogen-bond donors (Lipinski definition) is 0. The van der Waals surface area contributed by atoms with Gasteiger partial charge in [-0.1, -0.05) is 29.7 Å². The Morgan fingerprint density at radius 3 is 2.10 bits per heavy atom. The van der Waals surface area contributed by atoms with Crippen molar-refractivity contribution < 1.29 is 30.7 Å². The summed E-state index contributed by atoms with van der Waals surface area (Å²) in [6.45, 7) is 3.30. The summed E-state index contributed by atoms with van der Waals surface area (Å²) in [6.07, 6.45) is 0.249. The van der Waals surface area contributed by atoms with Gasteiger partial charge in [0.25, 0.3) is 20.0 Å². The predicted octanol–water partition coefficient (Wildman–Crippen LogP) is 3.27. The lowest BCUT2D eigenvalue weighted by Crippen LogP contribution is -2.38. The van der Waals surface area contributed by atoms with E-state index in [0.29, 0.717) is 3.71 Å². The molecule has 0 fully saturated rings. The lowest BCUT2D eigenvalue weighted by molar-refractivity contribution is 0.389. The van der Waals surface area contributed by atoms with Gasteiger partial charge in [0.2, 0.25) is 0 Å². The molecule has 2 aromatic carbocycles. The lowest BCUT2D eigenvalue weighted by atomic mass is 10.1. The molecule has 0 amide bonds. The molecule has 0 aliphatic rings. The van der Waals surface area contributed by atoms with E-state index >= 15 is 0 Å². The standard InChI is InChI=1S/C19H24FNO6S2/c1-14(2)11-12-21(28(22,23)18-8-6-5-7-16(18)20)29(24,25)19-13-15(26-3)9-10-17(19)27-4/h5-10,13-14H,11-12H2,1-4H3. The van der Waals surface area contributed by atoms with Crippen molar-refractivity contribution in [2.45, 2.75) is 30.1 Å². The Hall–Kier alpha value is -2.17. The van der Waals surface area contributed by atoms with Gasteiger partial charge in [-0.25, -0.2) is 21.2 Å². The molecule has 0 spiro atoms. The molecule has 0 aliphatic carbocycles. The zero-order valence-electron chi connectivity index (χ0n) is 16.6. The summed E-state index contributed by atoms with van der Waals surface area (Å²) in [7, 11) is -6.70. The van der Waals surface area contributed by atoms with Gasteiger partial charge in [0.1, 0.15) is 27.1 Å². The molecule has 0 radical (unpaired) electrons. The maximum atomic E-state index is 14.3. The van der Waals surface area contributed by atoms with E-state index in [1.54, 1.807) is 0 Å². The van der Waals surface area contributed by atoms with Crippen molar-refractivity contribution in [3.63, 3.8) is 0 Å². The molecule has 0 atom stereocenters. The Bertz CT molecular complexity index is 1070. The number of sulfonamides is 2. The highest BCUT2D eigenvalue weighted by molar-refractivity contribution is 8.04. The Kier molecular flexibility index (Phi) is 7.25. The van der Waals surface area contributed by atoms with E-state index in [4.69, 9.17) is 9.47 Å². The molecule has 0 aliphatic heterocycles. The number of nitrogens with zero attached hydrogens (tertiary/aromatic N) is 1. The molecule has 0 saturated heterocycles. The van der Waals surface area contributed by atoms with Crippen LogP contribution in [0.1, 0.15) is 20.3 Å². The van der Waals surface area contributed by atoms with Crippen molar-refractivity contribution in [2.75, 3.05) is 20.8 Å². The second kappa shape index (κ2) is 9.10. The normalized spacial score (nSPS) is 12.4. The van der Waals surface area contributed by atoms with Crippen LogP contribution in [0.15, 0.2) is 52.3 Å². The first-order valence-corrected chi connectivity index (χ1v) is 11.7. The van der Waals surface area contributed by atoms with E-state index in [1.807, 2.05) is 13.8 Å². The van der Waals surface area contributed by atoms with Crippen LogP contribution in [0, 0.1) is 11.7 Å². The SMILES string of the molecule is COc1ccc(OC)c(S(=O)(=O)N(CCC(C)C)S(=O)(=O)c2ccccc2F)c1. The number of ether oxygens (including phenoxy) is 2. The minimum Gasteiger partial charge on any atom is -0.497 e. The van der Waals surface area contributed by atoms with E-state index < -0.39 is 30.8 Å². The molecular formula is C19H24FNO6S2. The molecule has 0 N–H and O–H groups in total. The van der Waals surface area contributed by atoms with Crippen LogP contribution < -0.4 is 9.47 Å². The molecule has 2 rings (SSSR count). The van der Waals surface area contributed by atoms with Gasteiger partial charge >= 0.3 is 0 Å². The second-order valence-corrected chi connectivity index (χ2v) is 10.5. The Morgan fingerprint density at radius 1 is 0.931 bits per heavy atom. The molecule has 0 heterocycles. The molecule has 10 heteroatoms. The van der Waals surface area contributed by atoms with Crippen LogP contribution in [0.3, 0.4) is 0 Å². The van der Waals surface area contributed by atoms with Gasteiger partial charge < -0.3 is 9.47 Å². The summed E-state index contributed by atoms with van der Waals surface area (Å²) in [6, 6.07) is 8.68. The van der Waals surface area contributed by atoms with Crippen LogP contribution in [-0.2, 0) is 20.0 Å². The van der Waals surface area contributed by atoms with Gasteiger partial charge in [0.15, 0.2) is 0 Å². The maximum Gasteiger partial charge on any atom is 0.260 e. The van der Waals surface area contributed by atoms with E-state index in [-0.39, 0.29) is 35.3 Å². The smallest absolute Gasteiger partial charge is 0.260 e. The highest BCUT2D eigenvalue weighted by Gasteiger charge is 2.39. The van der Waals surface area contributed by atoms with E-state index in [1.165, 1.54) is 44.6 Å². The summed E-state index contributed by atoms with van der Waals surface area (Å²) < 4.78 is 77.9. The second-order valence-electron chi connectivity index (χ2n) is 6.64. The van der Waals surface area contributed by atoms with Crippen LogP contribution in [0.4, 0.5) is 4.39 Å². The van der Waals surface area contributed by atoms with Gasteiger partial charge in [-0.3, -0.25) is 0 Å². The summed E-state index contributed by atoms with van der Waals surface area (Å²) in [4.78, 5) is -1.10. The molecule has 29 heavy (non-hydrogen) atoms. The fourth-order valence-electron chi connectivity index (χ4n) is 2.59. The van der Waals surface area contributed by atoms with Crippen LogP contribution >= 0.6 is 0 Å². The van der Waals surface area contributed by atoms with Crippen LogP contribution in [0.5, 0.6) is 11.5 Å². The Balaban J connectivity index is 2.71. The van der Waals surface area contributed by atoms with Crippen molar-refractivity contribution in [2.24, 2.45) is 5.92 Å². The summed E-state index contributed by atoms with van der Waals surface area (Å²) >= 11 is 0. The summed E-state index contributed by atoms with van der Waals surface area (Å²) in [5, 5.41) is 0. The van der Waals surface area contributed by atoms with Crippen molar-refractivity contribution in [3.05, 3.63) is 48.3 Å². The number of hydrogen-bond acceptors (Lipinski definition) is 6. The minimum absolute atomic E-state index is 0.00993. The first-order valence-electron chi connectivity index (χ1n) is 8.80. The monoisotopic (exact) mass is 445 g/mol. The average Bonchev–Trinajstić information content (AvgIpc) is 2.67. The molecule has 2 aromatic rings. The van der Waals surface area contributed by atoms with Gasteiger partial charge in [0.05, 0.1) is 14.2 Å². The first-order chi connectivity index (χ1) is 13.6. The molecule has 0 bridgehead atoms. The molecule has 0 unspecified atom stereocenters. The van der Waals surface area contributed by atoms with Gasteiger partial charge in [0, 0.05) is 12.6 Å². The van der Waals surface area contributed by atoms with Crippen LogP contribution in [0.2, 0.25) is 0 Å². The number of rotatable bonds is 9. The third-order valence-electron chi connectivity index (χ3n) is 4.19. The van der Waals surface area contributed by atoms with Crippen molar-refractivity contribution in [1.82, 2.24) is 3.71 Å². The third kappa shape index (κ3) is 4.88. The van der Waals surface area contributed by atoms with E-state index in [0.717, 1.165) is 12.1 Å². The minimum atomic E-state index is -4.70. The third-order valence-corrected chi connectivity index (χ3v) is 8.57. The molecular weight excluding hydrogens is 421 g/mol. The molecule has 0 saturated carbocycles. The topological polar surface area (TPSA) is 90.0 Å². The molecule has 160 valence electrons. The summed E-state index contributed by atoms with van der Waals surface area (Å²) in [5.74, 6) is -0.869. The number of halogens is 1. The van der Waals surface area contributed by atoms with Crippen molar-refractivity contribution in [1.29, 1.82) is 0 Å². The highest BCUT2D eigenvalue weighted by Crippen LogP contribution is 2.34. The zero-order valence-corrected chi connectivity index (χ0v) is 18.3.